The minimum absolute atomic E-state index is 0.185. The maximum Gasteiger partial charge on any atom is 0.416 e. The highest BCUT2D eigenvalue weighted by atomic mass is 19.4. The number of ether oxygens (including phenoxy) is 1. The van der Waals surface area contributed by atoms with Gasteiger partial charge in [-0.2, -0.15) is 13.2 Å². The van der Waals surface area contributed by atoms with Gasteiger partial charge in [0.25, 0.3) is 0 Å². The molecule has 3 rings (SSSR count). The van der Waals surface area contributed by atoms with E-state index in [9.17, 15) is 18.0 Å². The molecule has 2 aromatic rings. The highest BCUT2D eigenvalue weighted by Gasteiger charge is 2.37. The van der Waals surface area contributed by atoms with Crippen LogP contribution in [-0.4, -0.2) is 67.8 Å². The summed E-state index contributed by atoms with van der Waals surface area (Å²) in [6, 6.07) is 3.61. The fraction of sp³-hybridized carbons (Fsp3) is 0.619. The van der Waals surface area contributed by atoms with Gasteiger partial charge in [-0.05, 0) is 75.7 Å². The number of hydrogen-bond donors (Lipinski definition) is 1. The summed E-state index contributed by atoms with van der Waals surface area (Å²) in [6.07, 6.45) is -3.37. The number of aromatic nitrogens is 4. The summed E-state index contributed by atoms with van der Waals surface area (Å²) in [4.78, 5) is 16.2. The average molecular weight is 454 g/mol. The largest absolute Gasteiger partial charge is 0.444 e. The maximum absolute atomic E-state index is 13.2. The lowest BCUT2D eigenvalue weighted by Crippen LogP contribution is -2.53. The number of amides is 1. The number of carbonyl (C=O) groups is 1. The molecule has 32 heavy (non-hydrogen) atoms. The Morgan fingerprint density at radius 3 is 2.44 bits per heavy atom. The van der Waals surface area contributed by atoms with E-state index in [0.29, 0.717) is 43.6 Å². The number of likely N-dealkylation sites (tertiary alicyclic amines) is 1. The van der Waals surface area contributed by atoms with Crippen LogP contribution in [0.25, 0.3) is 11.4 Å². The van der Waals surface area contributed by atoms with Crippen LogP contribution in [0.15, 0.2) is 18.2 Å². The fourth-order valence-corrected chi connectivity index (χ4v) is 3.71. The van der Waals surface area contributed by atoms with Crippen LogP contribution in [0.5, 0.6) is 0 Å². The number of alkyl halides is 3. The summed E-state index contributed by atoms with van der Waals surface area (Å²) in [5.74, 6) is 0.185. The standard InChI is InChI=1S/C21H29F3N6O2/c1-19(2,3)32-18(31)30-10-8-20(4,9-11-30)29(5)13-14-6-7-15(21(22,23)24)12-16(14)17-25-27-28-26-17/h6-7,12H,8-11,13H2,1-5H3,(H,25,26,27,28). The van der Waals surface area contributed by atoms with Gasteiger partial charge >= 0.3 is 12.3 Å². The van der Waals surface area contributed by atoms with Crippen molar-refractivity contribution in [3.05, 3.63) is 29.3 Å². The molecular weight excluding hydrogens is 425 g/mol. The van der Waals surface area contributed by atoms with Gasteiger partial charge in [-0.15, -0.1) is 5.10 Å². The molecule has 0 spiro atoms. The molecule has 1 amide bonds. The summed E-state index contributed by atoms with van der Waals surface area (Å²) >= 11 is 0. The first-order valence-electron chi connectivity index (χ1n) is 10.4. The normalized spacial score (nSPS) is 17.0. The van der Waals surface area contributed by atoms with Gasteiger partial charge in [-0.25, -0.2) is 9.89 Å². The minimum atomic E-state index is -4.47. The van der Waals surface area contributed by atoms with Gasteiger partial charge in [0.15, 0.2) is 5.82 Å². The van der Waals surface area contributed by atoms with Crippen molar-refractivity contribution in [1.82, 2.24) is 30.4 Å². The summed E-state index contributed by atoms with van der Waals surface area (Å²) < 4.78 is 45.2. The molecule has 0 bridgehead atoms. The van der Waals surface area contributed by atoms with Crippen LogP contribution in [0.3, 0.4) is 0 Å². The van der Waals surface area contributed by atoms with Crippen LogP contribution in [0.2, 0.25) is 0 Å². The number of piperidine rings is 1. The summed E-state index contributed by atoms with van der Waals surface area (Å²) in [5.41, 5.74) is -0.560. The van der Waals surface area contributed by atoms with E-state index in [0.717, 1.165) is 12.1 Å². The van der Waals surface area contributed by atoms with Crippen LogP contribution in [0.4, 0.5) is 18.0 Å². The Bertz CT molecular complexity index is 932. The monoisotopic (exact) mass is 454 g/mol. The third-order valence-corrected chi connectivity index (χ3v) is 5.86. The second kappa shape index (κ2) is 8.68. The Kier molecular flexibility index (Phi) is 6.50. The number of tetrazole rings is 1. The third kappa shape index (κ3) is 5.56. The van der Waals surface area contributed by atoms with Crippen molar-refractivity contribution in [3.63, 3.8) is 0 Å². The van der Waals surface area contributed by atoms with Gasteiger partial charge in [0.05, 0.1) is 5.56 Å². The first-order chi connectivity index (χ1) is 14.8. The molecule has 2 heterocycles. The molecule has 1 aliphatic rings. The Morgan fingerprint density at radius 1 is 1.25 bits per heavy atom. The first kappa shape index (κ1) is 24.0. The van der Waals surface area contributed by atoms with Crippen molar-refractivity contribution < 1.29 is 22.7 Å². The molecule has 0 atom stereocenters. The lowest BCUT2D eigenvalue weighted by atomic mass is 9.87. The third-order valence-electron chi connectivity index (χ3n) is 5.86. The van der Waals surface area contributed by atoms with Crippen molar-refractivity contribution in [2.45, 2.75) is 64.4 Å². The van der Waals surface area contributed by atoms with Crippen molar-refractivity contribution in [3.8, 4) is 11.4 Å². The molecule has 1 fully saturated rings. The van der Waals surface area contributed by atoms with Crippen LogP contribution >= 0.6 is 0 Å². The number of rotatable bonds is 4. The zero-order valence-electron chi connectivity index (χ0n) is 19.0. The van der Waals surface area contributed by atoms with Gasteiger partial charge in [-0.1, -0.05) is 6.07 Å². The number of H-pyrrole nitrogens is 1. The number of hydrogen-bond acceptors (Lipinski definition) is 6. The molecule has 8 nitrogen and oxygen atoms in total. The summed E-state index contributed by atoms with van der Waals surface area (Å²) in [5, 5.41) is 13.4. The molecule has 1 aliphatic heterocycles. The van der Waals surface area contributed by atoms with E-state index in [1.807, 2.05) is 27.8 Å². The molecule has 11 heteroatoms. The van der Waals surface area contributed by atoms with E-state index < -0.39 is 17.3 Å². The van der Waals surface area contributed by atoms with Gasteiger partial charge in [-0.3, -0.25) is 4.90 Å². The number of carbonyl (C=O) groups excluding carboxylic acids is 1. The zero-order valence-corrected chi connectivity index (χ0v) is 19.0. The molecule has 1 N–H and O–H groups in total. The van der Waals surface area contributed by atoms with E-state index in [1.54, 1.807) is 4.90 Å². The number of benzene rings is 1. The lowest BCUT2D eigenvalue weighted by Gasteiger charge is -2.45. The van der Waals surface area contributed by atoms with Crippen molar-refractivity contribution in [2.24, 2.45) is 0 Å². The smallest absolute Gasteiger partial charge is 0.416 e. The fourth-order valence-electron chi connectivity index (χ4n) is 3.71. The van der Waals surface area contributed by atoms with Gasteiger partial charge in [0, 0.05) is 30.7 Å². The van der Waals surface area contributed by atoms with Crippen LogP contribution < -0.4 is 0 Å². The summed E-state index contributed by atoms with van der Waals surface area (Å²) in [7, 11) is 1.93. The molecular formula is C21H29F3N6O2. The van der Waals surface area contributed by atoms with Gasteiger partial charge < -0.3 is 9.64 Å². The highest BCUT2D eigenvalue weighted by Crippen LogP contribution is 2.35. The van der Waals surface area contributed by atoms with Crippen molar-refractivity contribution in [2.75, 3.05) is 20.1 Å². The average Bonchev–Trinajstić information content (AvgIpc) is 3.21. The topological polar surface area (TPSA) is 87.2 Å². The molecule has 0 aliphatic carbocycles. The van der Waals surface area contributed by atoms with E-state index in [-0.39, 0.29) is 17.5 Å². The molecule has 176 valence electrons. The predicted molar refractivity (Wildman–Crippen MR) is 112 cm³/mol. The predicted octanol–water partition coefficient (Wildman–Crippen LogP) is 4.11. The lowest BCUT2D eigenvalue weighted by molar-refractivity contribution is -0.137. The maximum atomic E-state index is 13.2. The Balaban J connectivity index is 1.74. The van der Waals surface area contributed by atoms with Gasteiger partial charge in [0.2, 0.25) is 0 Å². The van der Waals surface area contributed by atoms with Crippen molar-refractivity contribution in [1.29, 1.82) is 0 Å². The molecule has 0 saturated carbocycles. The second-order valence-corrected chi connectivity index (χ2v) is 9.44. The number of nitrogens with one attached hydrogen (secondary N) is 1. The molecule has 1 saturated heterocycles. The molecule has 0 radical (unpaired) electrons. The summed E-state index contributed by atoms with van der Waals surface area (Å²) in [6.45, 7) is 9.08. The van der Waals surface area contributed by atoms with E-state index in [4.69, 9.17) is 4.74 Å². The quantitative estimate of drug-likeness (QED) is 0.748. The van der Waals surface area contributed by atoms with E-state index in [2.05, 4.69) is 32.4 Å². The van der Waals surface area contributed by atoms with Gasteiger partial charge in [0.1, 0.15) is 5.60 Å². The van der Waals surface area contributed by atoms with E-state index in [1.165, 1.54) is 6.07 Å². The minimum Gasteiger partial charge on any atom is -0.444 e. The Labute approximate surface area is 185 Å². The SMILES string of the molecule is CN(Cc1ccc(C(F)(F)F)cc1-c1nnn[nH]1)C1(C)CCN(C(=O)OC(C)(C)C)CC1. The molecule has 1 aromatic carbocycles. The zero-order chi connectivity index (χ0) is 23.7. The second-order valence-electron chi connectivity index (χ2n) is 9.44. The highest BCUT2D eigenvalue weighted by molar-refractivity contribution is 5.68. The number of halogens is 3. The van der Waals surface area contributed by atoms with E-state index >= 15 is 0 Å². The number of nitrogens with zero attached hydrogens (tertiary/aromatic N) is 5. The van der Waals surface area contributed by atoms with Crippen molar-refractivity contribution >= 4 is 6.09 Å². The van der Waals surface area contributed by atoms with Crippen LogP contribution in [-0.2, 0) is 17.5 Å². The van der Waals surface area contributed by atoms with Crippen LogP contribution in [0, 0.1) is 0 Å². The first-order valence-corrected chi connectivity index (χ1v) is 10.4. The Morgan fingerprint density at radius 2 is 1.91 bits per heavy atom. The van der Waals surface area contributed by atoms with Crippen LogP contribution in [0.1, 0.15) is 51.7 Å². The Hall–Kier alpha value is -2.69. The molecule has 1 aromatic heterocycles. The number of aromatic amines is 1. The molecule has 0 unspecified atom stereocenters.